The monoisotopic (exact) mass is 411 g/mol. The molecule has 0 unspecified atom stereocenters. The first-order valence-electron chi connectivity index (χ1n) is 10.8. The van der Waals surface area contributed by atoms with Crippen molar-refractivity contribution in [2.24, 2.45) is 5.41 Å². The number of carbonyl (C=O) groups excluding carboxylic acids is 1. The van der Waals surface area contributed by atoms with Crippen molar-refractivity contribution in [3.63, 3.8) is 0 Å². The minimum absolute atomic E-state index is 0.123. The third-order valence-corrected chi connectivity index (χ3v) is 5.16. The number of hydrogen-bond donors (Lipinski definition) is 3. The summed E-state index contributed by atoms with van der Waals surface area (Å²) in [5.41, 5.74) is 11.6. The van der Waals surface area contributed by atoms with Crippen LogP contribution in [0.3, 0.4) is 0 Å². The Balaban J connectivity index is 0.000000456. The number of fused-ring (bicyclic) bond motifs is 1. The van der Waals surface area contributed by atoms with Crippen LogP contribution in [0, 0.1) is 12.3 Å². The molecular formula is C25H37N3O2. The molecule has 1 saturated heterocycles. The Morgan fingerprint density at radius 1 is 1.23 bits per heavy atom. The van der Waals surface area contributed by atoms with Gasteiger partial charge in [0, 0.05) is 42.0 Å². The van der Waals surface area contributed by atoms with E-state index in [1.54, 1.807) is 0 Å². The highest BCUT2D eigenvalue weighted by Crippen LogP contribution is 2.31. The number of benzene rings is 1. The van der Waals surface area contributed by atoms with Gasteiger partial charge in [0.25, 0.3) is 0 Å². The van der Waals surface area contributed by atoms with Crippen LogP contribution in [0.2, 0.25) is 0 Å². The van der Waals surface area contributed by atoms with Gasteiger partial charge in [0.15, 0.2) is 0 Å². The zero-order valence-electron chi connectivity index (χ0n) is 19.2. The van der Waals surface area contributed by atoms with Crippen LogP contribution in [0.15, 0.2) is 36.9 Å². The van der Waals surface area contributed by atoms with Crippen LogP contribution in [-0.4, -0.2) is 30.6 Å². The van der Waals surface area contributed by atoms with Gasteiger partial charge in [-0.25, -0.2) is 0 Å². The summed E-state index contributed by atoms with van der Waals surface area (Å²) in [6, 6.07) is 6.39. The number of carbonyl (C=O) groups is 1. The Bertz CT molecular complexity index is 878. The summed E-state index contributed by atoms with van der Waals surface area (Å²) in [6.45, 7) is 16.6. The first-order chi connectivity index (χ1) is 14.2. The number of esters is 1. The summed E-state index contributed by atoms with van der Waals surface area (Å²) in [7, 11) is 0. The number of ether oxygens (including phenoxy) is 1. The number of aromatic amines is 1. The van der Waals surface area contributed by atoms with E-state index in [9.17, 15) is 4.79 Å². The molecular weight excluding hydrogens is 374 g/mol. The van der Waals surface area contributed by atoms with Gasteiger partial charge in [-0.15, -0.1) is 0 Å². The van der Waals surface area contributed by atoms with Crippen molar-refractivity contribution in [3.8, 4) is 0 Å². The van der Waals surface area contributed by atoms with Crippen molar-refractivity contribution in [2.45, 2.75) is 53.9 Å². The molecule has 2 aromatic rings. The fourth-order valence-corrected chi connectivity index (χ4v) is 3.54. The molecule has 1 aromatic carbocycles. The van der Waals surface area contributed by atoms with Crippen molar-refractivity contribution in [1.82, 2.24) is 15.8 Å². The standard InChI is InChI=1S/C21H27NO2.C4H10N2/c1-7-8-14(2)17-9-10-20-18(11-17)19(15(3)22-20)12-21(5,6)13-24-16(4)23;1-2-4-6-5-3-1/h7-11,22H,2,12-13H2,1,3-6H3;5-6H,1-4H2/b8-7+;. The lowest BCUT2D eigenvalue weighted by molar-refractivity contribution is -0.143. The molecule has 5 heteroatoms. The molecule has 1 aliphatic heterocycles. The van der Waals surface area contributed by atoms with Gasteiger partial charge in [0.1, 0.15) is 0 Å². The number of hydrogen-bond acceptors (Lipinski definition) is 4. The van der Waals surface area contributed by atoms with E-state index in [1.807, 2.05) is 19.1 Å². The quantitative estimate of drug-likeness (QED) is 0.458. The topological polar surface area (TPSA) is 66.2 Å². The average molecular weight is 412 g/mol. The smallest absolute Gasteiger partial charge is 0.302 e. The summed E-state index contributed by atoms with van der Waals surface area (Å²) in [6.07, 6.45) is 7.51. The Hall–Kier alpha value is -2.37. The highest BCUT2D eigenvalue weighted by molar-refractivity contribution is 5.89. The summed E-state index contributed by atoms with van der Waals surface area (Å²) >= 11 is 0. The molecule has 0 aliphatic carbocycles. The van der Waals surface area contributed by atoms with E-state index in [1.165, 1.54) is 30.7 Å². The highest BCUT2D eigenvalue weighted by Gasteiger charge is 2.23. The second-order valence-corrected chi connectivity index (χ2v) is 8.70. The average Bonchev–Trinajstić information content (AvgIpc) is 3.02. The maximum Gasteiger partial charge on any atom is 0.302 e. The van der Waals surface area contributed by atoms with E-state index in [0.717, 1.165) is 41.9 Å². The van der Waals surface area contributed by atoms with Crippen LogP contribution < -0.4 is 10.9 Å². The maximum atomic E-state index is 11.1. The minimum atomic E-state index is -0.233. The summed E-state index contributed by atoms with van der Waals surface area (Å²) in [4.78, 5) is 14.6. The number of aromatic nitrogens is 1. The fourth-order valence-electron chi connectivity index (χ4n) is 3.54. The van der Waals surface area contributed by atoms with E-state index < -0.39 is 0 Å². The molecule has 1 fully saturated rings. The Labute approximate surface area is 180 Å². The molecule has 2 heterocycles. The molecule has 30 heavy (non-hydrogen) atoms. The normalized spacial score (nSPS) is 14.4. The van der Waals surface area contributed by atoms with Crippen molar-refractivity contribution in [2.75, 3.05) is 19.7 Å². The lowest BCUT2D eigenvalue weighted by Crippen LogP contribution is -2.37. The first-order valence-corrected chi connectivity index (χ1v) is 10.8. The lowest BCUT2D eigenvalue weighted by atomic mass is 9.85. The molecule has 0 atom stereocenters. The van der Waals surface area contributed by atoms with Crippen LogP contribution >= 0.6 is 0 Å². The Kier molecular flexibility index (Phi) is 8.88. The predicted octanol–water partition coefficient (Wildman–Crippen LogP) is 5.07. The third kappa shape index (κ3) is 7.15. The van der Waals surface area contributed by atoms with Gasteiger partial charge in [0.05, 0.1) is 6.61 Å². The van der Waals surface area contributed by atoms with Crippen molar-refractivity contribution in [3.05, 3.63) is 53.8 Å². The number of aryl methyl sites for hydroxylation is 1. The minimum Gasteiger partial charge on any atom is -0.465 e. The largest absolute Gasteiger partial charge is 0.465 e. The number of nitrogens with one attached hydrogen (secondary N) is 3. The van der Waals surface area contributed by atoms with E-state index in [4.69, 9.17) is 4.74 Å². The van der Waals surface area contributed by atoms with Gasteiger partial charge < -0.3 is 9.72 Å². The van der Waals surface area contributed by atoms with E-state index >= 15 is 0 Å². The van der Waals surface area contributed by atoms with Crippen molar-refractivity contribution in [1.29, 1.82) is 0 Å². The lowest BCUT2D eigenvalue weighted by Gasteiger charge is -2.24. The van der Waals surface area contributed by atoms with E-state index in [-0.39, 0.29) is 11.4 Å². The Morgan fingerprint density at radius 2 is 1.90 bits per heavy atom. The van der Waals surface area contributed by atoms with Crippen LogP contribution in [0.4, 0.5) is 0 Å². The summed E-state index contributed by atoms with van der Waals surface area (Å²) in [5, 5.41) is 1.21. The first kappa shape index (κ1) is 23.9. The molecule has 0 bridgehead atoms. The van der Waals surface area contributed by atoms with Crippen LogP contribution in [0.25, 0.3) is 16.5 Å². The van der Waals surface area contributed by atoms with Crippen molar-refractivity contribution < 1.29 is 9.53 Å². The molecule has 3 rings (SSSR count). The molecule has 0 amide bonds. The van der Waals surface area contributed by atoms with E-state index in [0.29, 0.717) is 6.61 Å². The summed E-state index contributed by atoms with van der Waals surface area (Å²) < 4.78 is 5.23. The van der Waals surface area contributed by atoms with Gasteiger partial charge in [0.2, 0.25) is 0 Å². The SMILES string of the molecule is C1CCNNC1.C=C(/C=C/C)c1ccc2[nH]c(C)c(CC(C)(C)COC(C)=O)c2c1. The van der Waals surface area contributed by atoms with Gasteiger partial charge in [-0.3, -0.25) is 15.6 Å². The zero-order valence-corrected chi connectivity index (χ0v) is 19.2. The number of hydrazine groups is 1. The van der Waals surface area contributed by atoms with Gasteiger partial charge in [-0.2, -0.15) is 0 Å². The third-order valence-electron chi connectivity index (χ3n) is 5.16. The highest BCUT2D eigenvalue weighted by atomic mass is 16.5. The molecule has 1 aliphatic rings. The molecule has 0 saturated carbocycles. The van der Waals surface area contributed by atoms with Crippen LogP contribution in [0.5, 0.6) is 0 Å². The molecule has 0 spiro atoms. The second-order valence-electron chi connectivity index (χ2n) is 8.70. The van der Waals surface area contributed by atoms with Gasteiger partial charge >= 0.3 is 5.97 Å². The Morgan fingerprint density at radius 3 is 2.43 bits per heavy atom. The number of allylic oxidation sites excluding steroid dienone is 3. The molecule has 3 N–H and O–H groups in total. The maximum absolute atomic E-state index is 11.1. The zero-order chi connectivity index (χ0) is 22.1. The van der Waals surface area contributed by atoms with Crippen LogP contribution in [0.1, 0.15) is 57.4 Å². The van der Waals surface area contributed by atoms with Crippen molar-refractivity contribution >= 4 is 22.4 Å². The molecule has 0 radical (unpaired) electrons. The van der Waals surface area contributed by atoms with Gasteiger partial charge in [-0.1, -0.05) is 38.6 Å². The summed E-state index contributed by atoms with van der Waals surface area (Å²) in [5.74, 6) is -0.233. The van der Waals surface area contributed by atoms with Crippen LogP contribution in [-0.2, 0) is 16.0 Å². The van der Waals surface area contributed by atoms with Gasteiger partial charge in [-0.05, 0) is 61.9 Å². The second kappa shape index (κ2) is 11.1. The molecule has 164 valence electrons. The number of H-pyrrole nitrogens is 1. The fraction of sp³-hybridized carbons (Fsp3) is 0.480. The molecule has 1 aromatic heterocycles. The molecule has 5 nitrogen and oxygen atoms in total. The predicted molar refractivity (Wildman–Crippen MR) is 126 cm³/mol. The number of rotatable bonds is 6. The van der Waals surface area contributed by atoms with E-state index in [2.05, 4.69) is 61.4 Å².